The molecule has 0 amide bonds. The summed E-state index contributed by atoms with van der Waals surface area (Å²) in [6.07, 6.45) is -0.181. The lowest BCUT2D eigenvalue weighted by Gasteiger charge is -2.22. The van der Waals surface area contributed by atoms with Gasteiger partial charge in [-0.25, -0.2) is 4.89 Å². The van der Waals surface area contributed by atoms with Gasteiger partial charge in [0.1, 0.15) is 6.23 Å². The van der Waals surface area contributed by atoms with E-state index in [9.17, 15) is 0 Å². The van der Waals surface area contributed by atoms with Crippen molar-refractivity contribution >= 4 is 0 Å². The maximum absolute atomic E-state index is 8.23. The molecule has 3 nitrogen and oxygen atoms in total. The zero-order valence-corrected chi connectivity index (χ0v) is 6.29. The van der Waals surface area contributed by atoms with Crippen molar-refractivity contribution < 1.29 is 10.1 Å². The molecule has 0 aliphatic rings. The van der Waals surface area contributed by atoms with Crippen molar-refractivity contribution in [3.63, 3.8) is 0 Å². The first kappa shape index (κ1) is 8.88. The second kappa shape index (κ2) is 4.73. The van der Waals surface area contributed by atoms with Crippen LogP contribution in [0.1, 0.15) is 20.8 Å². The van der Waals surface area contributed by atoms with E-state index in [1.807, 2.05) is 25.7 Å². The molecule has 0 aliphatic carbocycles. The van der Waals surface area contributed by atoms with E-state index in [0.717, 1.165) is 13.1 Å². The summed E-state index contributed by atoms with van der Waals surface area (Å²) in [7, 11) is 0. The molecule has 0 aliphatic heterocycles. The van der Waals surface area contributed by atoms with E-state index in [1.165, 1.54) is 0 Å². The van der Waals surface area contributed by atoms with E-state index < -0.39 is 0 Å². The van der Waals surface area contributed by atoms with Gasteiger partial charge in [0.25, 0.3) is 0 Å². The van der Waals surface area contributed by atoms with Crippen LogP contribution in [0.4, 0.5) is 0 Å². The number of hydrogen-bond acceptors (Lipinski definition) is 3. The Balaban J connectivity index is 3.50. The minimum atomic E-state index is -0.181. The summed E-state index contributed by atoms with van der Waals surface area (Å²) < 4.78 is 0. The Morgan fingerprint density at radius 1 is 1.44 bits per heavy atom. The third-order valence-corrected chi connectivity index (χ3v) is 1.48. The molecule has 0 spiro atoms. The fourth-order valence-electron chi connectivity index (χ4n) is 0.804. The lowest BCUT2D eigenvalue weighted by Crippen LogP contribution is -2.33. The van der Waals surface area contributed by atoms with Gasteiger partial charge in [-0.05, 0) is 20.0 Å². The SMILES string of the molecule is CCN(CC)C(C)OO. The Hall–Kier alpha value is -0.120. The number of hydrogen-bond donors (Lipinski definition) is 1. The van der Waals surface area contributed by atoms with Crippen molar-refractivity contribution in [2.45, 2.75) is 27.0 Å². The van der Waals surface area contributed by atoms with Gasteiger partial charge in [-0.15, -0.1) is 0 Å². The lowest BCUT2D eigenvalue weighted by molar-refractivity contribution is -0.306. The number of rotatable bonds is 4. The lowest BCUT2D eigenvalue weighted by atomic mass is 10.5. The quantitative estimate of drug-likeness (QED) is 0.355. The van der Waals surface area contributed by atoms with Crippen LogP contribution in [-0.2, 0) is 4.89 Å². The van der Waals surface area contributed by atoms with Gasteiger partial charge in [0.05, 0.1) is 0 Å². The van der Waals surface area contributed by atoms with Crippen LogP contribution in [0.15, 0.2) is 0 Å². The van der Waals surface area contributed by atoms with Crippen molar-refractivity contribution in [2.24, 2.45) is 0 Å². The Morgan fingerprint density at radius 3 is 2.00 bits per heavy atom. The summed E-state index contributed by atoms with van der Waals surface area (Å²) in [5.74, 6) is 0. The molecule has 56 valence electrons. The first-order valence-corrected chi connectivity index (χ1v) is 3.30. The van der Waals surface area contributed by atoms with Gasteiger partial charge in [0.2, 0.25) is 0 Å². The van der Waals surface area contributed by atoms with Crippen LogP contribution >= 0.6 is 0 Å². The van der Waals surface area contributed by atoms with Crippen molar-refractivity contribution in [1.29, 1.82) is 0 Å². The zero-order chi connectivity index (χ0) is 7.28. The third kappa shape index (κ3) is 2.79. The summed E-state index contributed by atoms with van der Waals surface area (Å²) in [6.45, 7) is 7.67. The zero-order valence-electron chi connectivity index (χ0n) is 6.29. The highest BCUT2D eigenvalue weighted by Gasteiger charge is 2.07. The molecule has 1 N–H and O–H groups in total. The third-order valence-electron chi connectivity index (χ3n) is 1.48. The van der Waals surface area contributed by atoms with E-state index in [4.69, 9.17) is 5.26 Å². The van der Waals surface area contributed by atoms with Crippen LogP contribution < -0.4 is 0 Å². The standard InChI is InChI=1S/C6H15NO2/c1-4-7(5-2)6(3)9-8/h6,8H,4-5H2,1-3H3. The van der Waals surface area contributed by atoms with Crippen LogP contribution in [0.3, 0.4) is 0 Å². The summed E-state index contributed by atoms with van der Waals surface area (Å²) in [6, 6.07) is 0. The molecule has 0 aromatic rings. The molecule has 0 bridgehead atoms. The summed E-state index contributed by atoms with van der Waals surface area (Å²) in [5, 5.41) is 8.23. The molecular formula is C6H15NO2. The van der Waals surface area contributed by atoms with Crippen LogP contribution in [0.2, 0.25) is 0 Å². The van der Waals surface area contributed by atoms with E-state index >= 15 is 0 Å². The highest BCUT2D eigenvalue weighted by Crippen LogP contribution is 1.96. The van der Waals surface area contributed by atoms with Crippen molar-refractivity contribution in [3.05, 3.63) is 0 Å². The van der Waals surface area contributed by atoms with Crippen LogP contribution in [0, 0.1) is 0 Å². The molecule has 0 aromatic carbocycles. The Kier molecular flexibility index (Phi) is 4.67. The van der Waals surface area contributed by atoms with E-state index in [1.54, 1.807) is 0 Å². The van der Waals surface area contributed by atoms with E-state index in [-0.39, 0.29) is 6.23 Å². The molecule has 0 heterocycles. The first-order valence-electron chi connectivity index (χ1n) is 3.30. The molecule has 1 atom stereocenters. The fourth-order valence-corrected chi connectivity index (χ4v) is 0.804. The Morgan fingerprint density at radius 2 is 1.89 bits per heavy atom. The molecule has 0 radical (unpaired) electrons. The fraction of sp³-hybridized carbons (Fsp3) is 1.00. The second-order valence-corrected chi connectivity index (χ2v) is 1.93. The Labute approximate surface area is 56.2 Å². The normalized spacial score (nSPS) is 14.3. The predicted molar refractivity (Wildman–Crippen MR) is 36.1 cm³/mol. The van der Waals surface area contributed by atoms with Crippen molar-refractivity contribution in [1.82, 2.24) is 4.90 Å². The monoisotopic (exact) mass is 133 g/mol. The minimum Gasteiger partial charge on any atom is -0.276 e. The highest BCUT2D eigenvalue weighted by molar-refractivity contribution is 4.50. The average Bonchev–Trinajstić information content (AvgIpc) is 1.90. The van der Waals surface area contributed by atoms with Crippen LogP contribution in [-0.4, -0.2) is 29.5 Å². The smallest absolute Gasteiger partial charge is 0.143 e. The molecule has 1 unspecified atom stereocenters. The van der Waals surface area contributed by atoms with Gasteiger partial charge in [0, 0.05) is 0 Å². The molecule has 9 heavy (non-hydrogen) atoms. The average molecular weight is 133 g/mol. The van der Waals surface area contributed by atoms with Gasteiger partial charge in [0.15, 0.2) is 0 Å². The van der Waals surface area contributed by atoms with Gasteiger partial charge in [-0.3, -0.25) is 10.2 Å². The molecule has 0 saturated heterocycles. The second-order valence-electron chi connectivity index (χ2n) is 1.93. The van der Waals surface area contributed by atoms with Crippen molar-refractivity contribution in [2.75, 3.05) is 13.1 Å². The molecule has 0 saturated carbocycles. The summed E-state index contributed by atoms with van der Waals surface area (Å²) >= 11 is 0. The number of nitrogens with zero attached hydrogens (tertiary/aromatic N) is 1. The van der Waals surface area contributed by atoms with Gasteiger partial charge in [-0.2, -0.15) is 0 Å². The molecule has 0 aromatic heterocycles. The minimum absolute atomic E-state index is 0.181. The van der Waals surface area contributed by atoms with Gasteiger partial charge in [-0.1, -0.05) is 13.8 Å². The summed E-state index contributed by atoms with van der Waals surface area (Å²) in [4.78, 5) is 6.12. The molecule has 3 heteroatoms. The topological polar surface area (TPSA) is 32.7 Å². The molecular weight excluding hydrogens is 118 g/mol. The largest absolute Gasteiger partial charge is 0.276 e. The molecule has 0 fully saturated rings. The maximum atomic E-state index is 8.23. The van der Waals surface area contributed by atoms with Gasteiger partial charge >= 0.3 is 0 Å². The van der Waals surface area contributed by atoms with Crippen molar-refractivity contribution in [3.8, 4) is 0 Å². The van der Waals surface area contributed by atoms with E-state index in [2.05, 4.69) is 4.89 Å². The highest BCUT2D eigenvalue weighted by atomic mass is 17.1. The summed E-state index contributed by atoms with van der Waals surface area (Å²) in [5.41, 5.74) is 0. The van der Waals surface area contributed by atoms with Crippen LogP contribution in [0.5, 0.6) is 0 Å². The predicted octanol–water partition coefficient (Wildman–Crippen LogP) is 1.16. The van der Waals surface area contributed by atoms with Crippen LogP contribution in [0.25, 0.3) is 0 Å². The van der Waals surface area contributed by atoms with Gasteiger partial charge < -0.3 is 0 Å². The Bertz CT molecular complexity index is 64.1. The molecule has 0 rings (SSSR count). The maximum Gasteiger partial charge on any atom is 0.143 e. The first-order chi connectivity index (χ1) is 4.26. The van der Waals surface area contributed by atoms with E-state index in [0.29, 0.717) is 0 Å².